The molecular formula is C19H20N2O3. The van der Waals surface area contributed by atoms with Crippen molar-refractivity contribution in [3.05, 3.63) is 71.3 Å². The Morgan fingerprint density at radius 2 is 1.67 bits per heavy atom. The molecule has 2 aromatic rings. The Morgan fingerprint density at radius 3 is 2.29 bits per heavy atom. The van der Waals surface area contributed by atoms with Crippen LogP contribution in [-0.4, -0.2) is 36.5 Å². The van der Waals surface area contributed by atoms with Gasteiger partial charge >= 0.3 is 0 Å². The first-order chi connectivity index (χ1) is 11.5. The van der Waals surface area contributed by atoms with Crippen LogP contribution in [0.3, 0.4) is 0 Å². The number of carbonyl (C=O) groups is 2. The summed E-state index contributed by atoms with van der Waals surface area (Å²) < 4.78 is 5.65. The van der Waals surface area contributed by atoms with Crippen LogP contribution in [0.4, 0.5) is 0 Å². The lowest BCUT2D eigenvalue weighted by molar-refractivity contribution is -0.0480. The van der Waals surface area contributed by atoms with Crippen molar-refractivity contribution in [3.8, 4) is 0 Å². The van der Waals surface area contributed by atoms with Gasteiger partial charge in [0.25, 0.3) is 5.91 Å². The van der Waals surface area contributed by atoms with E-state index in [-0.39, 0.29) is 5.91 Å². The lowest BCUT2D eigenvalue weighted by Crippen LogP contribution is -2.55. The number of nitrogens with two attached hydrogens (primary N) is 1. The van der Waals surface area contributed by atoms with Gasteiger partial charge in [-0.15, -0.1) is 0 Å². The number of amides is 2. The summed E-state index contributed by atoms with van der Waals surface area (Å²) >= 11 is 0. The predicted molar refractivity (Wildman–Crippen MR) is 90.6 cm³/mol. The number of ether oxygens (including phenoxy) is 1. The first kappa shape index (κ1) is 16.2. The van der Waals surface area contributed by atoms with Crippen molar-refractivity contribution in [2.45, 2.75) is 12.5 Å². The van der Waals surface area contributed by atoms with E-state index in [1.54, 1.807) is 24.3 Å². The van der Waals surface area contributed by atoms with Crippen molar-refractivity contribution >= 4 is 11.8 Å². The van der Waals surface area contributed by atoms with Crippen LogP contribution < -0.4 is 5.73 Å². The molecule has 1 atom stereocenters. The van der Waals surface area contributed by atoms with Crippen LogP contribution in [0.15, 0.2) is 54.6 Å². The van der Waals surface area contributed by atoms with E-state index in [2.05, 4.69) is 0 Å². The summed E-state index contributed by atoms with van der Waals surface area (Å²) in [5, 5.41) is 0. The lowest BCUT2D eigenvalue weighted by atomic mass is 9.89. The molecule has 1 heterocycles. The molecule has 2 N–H and O–H groups in total. The second kappa shape index (κ2) is 6.45. The summed E-state index contributed by atoms with van der Waals surface area (Å²) in [7, 11) is 0. The van der Waals surface area contributed by atoms with Gasteiger partial charge in [-0.1, -0.05) is 30.3 Å². The number of carbonyl (C=O) groups excluding carboxylic acids is 2. The molecule has 3 rings (SSSR count). The Morgan fingerprint density at radius 1 is 1.04 bits per heavy atom. The third kappa shape index (κ3) is 2.90. The van der Waals surface area contributed by atoms with E-state index in [0.29, 0.717) is 30.9 Å². The topological polar surface area (TPSA) is 72.6 Å². The number of rotatable bonds is 3. The predicted octanol–water partition coefficient (Wildman–Crippen LogP) is 2.17. The first-order valence-corrected chi connectivity index (χ1v) is 7.87. The van der Waals surface area contributed by atoms with Crippen LogP contribution >= 0.6 is 0 Å². The Balaban J connectivity index is 1.93. The Hall–Kier alpha value is -2.66. The van der Waals surface area contributed by atoms with Crippen molar-refractivity contribution in [2.75, 3.05) is 19.8 Å². The fourth-order valence-electron chi connectivity index (χ4n) is 3.05. The minimum atomic E-state index is -0.529. The maximum atomic E-state index is 13.0. The van der Waals surface area contributed by atoms with Gasteiger partial charge in [-0.25, -0.2) is 0 Å². The van der Waals surface area contributed by atoms with Crippen LogP contribution in [0.5, 0.6) is 0 Å². The van der Waals surface area contributed by atoms with E-state index in [0.717, 1.165) is 5.56 Å². The molecule has 0 bridgehead atoms. The van der Waals surface area contributed by atoms with E-state index >= 15 is 0 Å². The number of hydrogen-bond acceptors (Lipinski definition) is 3. The lowest BCUT2D eigenvalue weighted by Gasteiger charge is -2.45. The SMILES string of the molecule is CC1(c2ccccc2)COCCN1C(=O)c1ccc(C(N)=O)cc1. The smallest absolute Gasteiger partial charge is 0.254 e. The maximum absolute atomic E-state index is 13.0. The van der Waals surface area contributed by atoms with Crippen molar-refractivity contribution in [1.29, 1.82) is 0 Å². The number of benzene rings is 2. The highest BCUT2D eigenvalue weighted by atomic mass is 16.5. The fourth-order valence-corrected chi connectivity index (χ4v) is 3.05. The molecule has 2 aromatic carbocycles. The van der Waals surface area contributed by atoms with E-state index < -0.39 is 11.4 Å². The van der Waals surface area contributed by atoms with Crippen LogP contribution in [0.1, 0.15) is 33.2 Å². The molecule has 1 saturated heterocycles. The molecular weight excluding hydrogens is 304 g/mol. The molecule has 0 aliphatic carbocycles. The number of nitrogens with zero attached hydrogens (tertiary/aromatic N) is 1. The van der Waals surface area contributed by atoms with Gasteiger partial charge in [-0.3, -0.25) is 9.59 Å². The molecule has 5 heteroatoms. The Bertz CT molecular complexity index is 743. The van der Waals surface area contributed by atoms with E-state index in [4.69, 9.17) is 10.5 Å². The molecule has 0 aromatic heterocycles. The second-order valence-corrected chi connectivity index (χ2v) is 6.09. The zero-order valence-corrected chi connectivity index (χ0v) is 13.6. The molecule has 24 heavy (non-hydrogen) atoms. The summed E-state index contributed by atoms with van der Waals surface area (Å²) in [6.45, 7) is 3.48. The van der Waals surface area contributed by atoms with Gasteiger partial charge in [-0.05, 0) is 36.8 Å². The highest BCUT2D eigenvalue weighted by molar-refractivity contribution is 5.97. The summed E-state index contributed by atoms with van der Waals surface area (Å²) in [6, 6.07) is 16.3. The van der Waals surface area contributed by atoms with Crippen molar-refractivity contribution < 1.29 is 14.3 Å². The molecule has 2 amide bonds. The minimum Gasteiger partial charge on any atom is -0.377 e. The van der Waals surface area contributed by atoms with Gasteiger partial charge in [0.1, 0.15) is 0 Å². The summed E-state index contributed by atoms with van der Waals surface area (Å²) in [5.74, 6) is -0.588. The van der Waals surface area contributed by atoms with E-state index in [1.807, 2.05) is 42.2 Å². The second-order valence-electron chi connectivity index (χ2n) is 6.09. The Kier molecular flexibility index (Phi) is 4.36. The molecule has 0 saturated carbocycles. The molecule has 1 fully saturated rings. The average molecular weight is 324 g/mol. The molecule has 5 nitrogen and oxygen atoms in total. The number of primary amides is 1. The quantitative estimate of drug-likeness (QED) is 0.940. The molecule has 1 aliphatic heterocycles. The highest BCUT2D eigenvalue weighted by Crippen LogP contribution is 2.32. The first-order valence-electron chi connectivity index (χ1n) is 7.87. The zero-order valence-electron chi connectivity index (χ0n) is 13.6. The Labute approximate surface area is 141 Å². The zero-order chi connectivity index (χ0) is 17.2. The molecule has 0 radical (unpaired) electrons. The normalized spacial score (nSPS) is 20.6. The van der Waals surface area contributed by atoms with E-state index in [1.165, 1.54) is 0 Å². The van der Waals surface area contributed by atoms with Crippen molar-refractivity contribution in [2.24, 2.45) is 5.73 Å². The van der Waals surface area contributed by atoms with Crippen LogP contribution in [0.2, 0.25) is 0 Å². The van der Waals surface area contributed by atoms with Crippen molar-refractivity contribution in [1.82, 2.24) is 4.90 Å². The molecule has 1 aliphatic rings. The molecule has 1 unspecified atom stereocenters. The van der Waals surface area contributed by atoms with Gasteiger partial charge in [0.15, 0.2) is 0 Å². The maximum Gasteiger partial charge on any atom is 0.254 e. The van der Waals surface area contributed by atoms with Crippen LogP contribution in [0.25, 0.3) is 0 Å². The van der Waals surface area contributed by atoms with Crippen molar-refractivity contribution in [3.63, 3.8) is 0 Å². The fraction of sp³-hybridized carbons (Fsp3) is 0.263. The third-order valence-corrected chi connectivity index (χ3v) is 4.50. The third-order valence-electron chi connectivity index (χ3n) is 4.50. The highest BCUT2D eigenvalue weighted by Gasteiger charge is 2.40. The largest absolute Gasteiger partial charge is 0.377 e. The summed E-state index contributed by atoms with van der Waals surface area (Å²) in [4.78, 5) is 26.0. The standard InChI is InChI=1S/C19H20N2O3/c1-19(16-5-3-2-4-6-16)13-24-12-11-21(19)18(23)15-9-7-14(8-10-15)17(20)22/h2-10H,11-13H2,1H3,(H2,20,22). The van der Waals surface area contributed by atoms with Gasteiger partial charge in [-0.2, -0.15) is 0 Å². The monoisotopic (exact) mass is 324 g/mol. The van der Waals surface area contributed by atoms with E-state index in [9.17, 15) is 9.59 Å². The summed E-state index contributed by atoms with van der Waals surface area (Å²) in [5.41, 5.74) is 6.68. The van der Waals surface area contributed by atoms with Gasteiger partial charge in [0, 0.05) is 17.7 Å². The van der Waals surface area contributed by atoms with Gasteiger partial charge in [0.05, 0.1) is 18.8 Å². The number of hydrogen-bond donors (Lipinski definition) is 1. The number of morpholine rings is 1. The van der Waals surface area contributed by atoms with Crippen LogP contribution in [-0.2, 0) is 10.3 Å². The van der Waals surface area contributed by atoms with Gasteiger partial charge < -0.3 is 15.4 Å². The minimum absolute atomic E-state index is 0.0827. The molecule has 124 valence electrons. The van der Waals surface area contributed by atoms with Gasteiger partial charge in [0.2, 0.25) is 5.91 Å². The average Bonchev–Trinajstić information content (AvgIpc) is 2.62. The van der Waals surface area contributed by atoms with Crippen LogP contribution in [0, 0.1) is 0 Å². The molecule has 0 spiro atoms. The summed E-state index contributed by atoms with van der Waals surface area (Å²) in [6.07, 6.45) is 0.